The topological polar surface area (TPSA) is 50.1 Å². The fraction of sp³-hybridized carbons (Fsp3) is 0.471. The van der Waals surface area contributed by atoms with Crippen molar-refractivity contribution in [3.63, 3.8) is 0 Å². The van der Waals surface area contributed by atoms with Crippen molar-refractivity contribution in [1.82, 2.24) is 15.1 Å². The minimum Gasteiger partial charge on any atom is -0.394 e. The molecule has 0 bridgehead atoms. The summed E-state index contributed by atoms with van der Waals surface area (Å²) in [5.74, 6) is 0. The maximum atomic E-state index is 9.11. The number of benzene rings is 1. The number of hydrogen-bond donors (Lipinski definition) is 2. The lowest BCUT2D eigenvalue weighted by Crippen LogP contribution is -2.25. The number of nitrogens with one attached hydrogen (secondary N) is 1. The van der Waals surface area contributed by atoms with Crippen LogP contribution in [0.4, 0.5) is 0 Å². The molecule has 1 unspecified atom stereocenters. The van der Waals surface area contributed by atoms with E-state index in [0.717, 1.165) is 19.4 Å². The van der Waals surface area contributed by atoms with Gasteiger partial charge in [0.1, 0.15) is 0 Å². The summed E-state index contributed by atoms with van der Waals surface area (Å²) in [5.41, 5.74) is 5.22. The monoisotopic (exact) mass is 285 g/mol. The summed E-state index contributed by atoms with van der Waals surface area (Å²) < 4.78 is 1.95. The van der Waals surface area contributed by atoms with Gasteiger partial charge in [-0.25, -0.2) is 0 Å². The third-order valence-electron chi connectivity index (χ3n) is 4.21. The van der Waals surface area contributed by atoms with Crippen LogP contribution in [0, 0.1) is 6.92 Å². The van der Waals surface area contributed by atoms with Gasteiger partial charge in [-0.05, 0) is 31.7 Å². The molecule has 0 fully saturated rings. The minimum atomic E-state index is 0.148. The van der Waals surface area contributed by atoms with Gasteiger partial charge in [0.15, 0.2) is 0 Å². The number of aliphatic hydroxyl groups is 1. The number of aromatic nitrogens is 2. The van der Waals surface area contributed by atoms with Crippen molar-refractivity contribution in [1.29, 1.82) is 0 Å². The van der Waals surface area contributed by atoms with E-state index in [1.165, 1.54) is 28.8 Å². The largest absolute Gasteiger partial charge is 0.394 e. The van der Waals surface area contributed by atoms with Gasteiger partial charge in [-0.1, -0.05) is 29.8 Å². The van der Waals surface area contributed by atoms with Crippen LogP contribution in [0.1, 0.15) is 41.3 Å². The van der Waals surface area contributed by atoms with Gasteiger partial charge < -0.3 is 10.4 Å². The summed E-state index contributed by atoms with van der Waals surface area (Å²) in [6.07, 6.45) is 5.37. The molecule has 0 amide bonds. The van der Waals surface area contributed by atoms with Crippen molar-refractivity contribution in [2.24, 2.45) is 0 Å². The number of aliphatic hydroxyl groups excluding tert-OH is 1. The maximum Gasteiger partial charge on any atom is 0.0644 e. The van der Waals surface area contributed by atoms with Gasteiger partial charge in [0, 0.05) is 23.8 Å². The average Bonchev–Trinajstić information content (AvgIpc) is 2.90. The van der Waals surface area contributed by atoms with Gasteiger partial charge in [0.25, 0.3) is 0 Å². The molecule has 1 aliphatic rings. The fourth-order valence-corrected chi connectivity index (χ4v) is 3.18. The van der Waals surface area contributed by atoms with Crippen LogP contribution in [-0.4, -0.2) is 21.5 Å². The van der Waals surface area contributed by atoms with E-state index in [1.54, 1.807) is 0 Å². The van der Waals surface area contributed by atoms with Crippen LogP contribution < -0.4 is 5.32 Å². The van der Waals surface area contributed by atoms with Crippen molar-refractivity contribution < 1.29 is 5.11 Å². The second-order valence-electron chi connectivity index (χ2n) is 5.81. The van der Waals surface area contributed by atoms with Crippen LogP contribution in [0.2, 0.25) is 0 Å². The van der Waals surface area contributed by atoms with E-state index in [2.05, 4.69) is 41.6 Å². The number of aryl methyl sites for hydroxylation is 1. The summed E-state index contributed by atoms with van der Waals surface area (Å²) in [5, 5.41) is 17.2. The molecule has 2 aromatic rings. The zero-order valence-corrected chi connectivity index (χ0v) is 12.5. The Labute approximate surface area is 125 Å². The van der Waals surface area contributed by atoms with Crippen molar-refractivity contribution >= 4 is 0 Å². The Bertz CT molecular complexity index is 606. The third-order valence-corrected chi connectivity index (χ3v) is 4.21. The van der Waals surface area contributed by atoms with Crippen LogP contribution in [0.15, 0.2) is 30.5 Å². The molecular weight excluding hydrogens is 262 g/mol. The maximum absolute atomic E-state index is 9.11. The van der Waals surface area contributed by atoms with Gasteiger partial charge >= 0.3 is 0 Å². The molecule has 1 atom stereocenters. The molecule has 2 N–H and O–H groups in total. The number of rotatable bonds is 5. The predicted octanol–water partition coefficient (Wildman–Crippen LogP) is 2.35. The molecule has 0 saturated carbocycles. The molecule has 0 radical (unpaired) electrons. The van der Waals surface area contributed by atoms with Gasteiger partial charge in [0.05, 0.1) is 19.3 Å². The summed E-state index contributed by atoms with van der Waals surface area (Å²) in [6.45, 7) is 3.76. The van der Waals surface area contributed by atoms with Gasteiger partial charge in [-0.15, -0.1) is 0 Å². The molecule has 21 heavy (non-hydrogen) atoms. The predicted molar refractivity (Wildman–Crippen MR) is 83.0 cm³/mol. The molecule has 1 heterocycles. The van der Waals surface area contributed by atoms with Crippen molar-refractivity contribution in [3.8, 4) is 0 Å². The van der Waals surface area contributed by atoms with Gasteiger partial charge in [0.2, 0.25) is 0 Å². The third kappa shape index (κ3) is 3.17. The Morgan fingerprint density at radius 1 is 1.43 bits per heavy atom. The fourth-order valence-electron chi connectivity index (χ4n) is 3.18. The standard InChI is InChI=1S/C17H23N3O/c1-13-4-2-5-14(10-13)11-18-16-6-3-7-17-15(16)12-19-20(17)8-9-21/h2,4-5,10,12,16,18,21H,3,6-9,11H2,1H3. The van der Waals surface area contributed by atoms with E-state index < -0.39 is 0 Å². The van der Waals surface area contributed by atoms with Crippen molar-refractivity contribution in [2.75, 3.05) is 6.61 Å². The van der Waals surface area contributed by atoms with Crippen LogP contribution >= 0.6 is 0 Å². The Morgan fingerprint density at radius 2 is 2.33 bits per heavy atom. The van der Waals surface area contributed by atoms with E-state index in [4.69, 9.17) is 5.11 Å². The highest BCUT2D eigenvalue weighted by molar-refractivity contribution is 5.26. The molecule has 1 aliphatic carbocycles. The van der Waals surface area contributed by atoms with Crippen LogP contribution in [0.25, 0.3) is 0 Å². The lowest BCUT2D eigenvalue weighted by molar-refractivity contribution is 0.266. The summed E-state index contributed by atoms with van der Waals surface area (Å²) in [6, 6.07) is 9.01. The Balaban J connectivity index is 1.70. The number of fused-ring (bicyclic) bond motifs is 1. The molecule has 0 spiro atoms. The molecule has 4 heteroatoms. The first-order valence-electron chi connectivity index (χ1n) is 7.72. The Kier molecular flexibility index (Phi) is 4.36. The lowest BCUT2D eigenvalue weighted by Gasteiger charge is -2.24. The van der Waals surface area contributed by atoms with E-state index in [9.17, 15) is 0 Å². The van der Waals surface area contributed by atoms with Crippen molar-refractivity contribution in [2.45, 2.75) is 45.3 Å². The van der Waals surface area contributed by atoms with E-state index in [-0.39, 0.29) is 6.61 Å². The second-order valence-corrected chi connectivity index (χ2v) is 5.81. The first kappa shape index (κ1) is 14.3. The molecule has 3 rings (SSSR count). The lowest BCUT2D eigenvalue weighted by atomic mass is 9.92. The zero-order valence-electron chi connectivity index (χ0n) is 12.5. The highest BCUT2D eigenvalue weighted by atomic mass is 16.3. The first-order valence-corrected chi connectivity index (χ1v) is 7.72. The van der Waals surface area contributed by atoms with Gasteiger partial charge in [-0.2, -0.15) is 5.10 Å². The zero-order chi connectivity index (χ0) is 14.7. The summed E-state index contributed by atoms with van der Waals surface area (Å²) in [7, 11) is 0. The molecule has 0 saturated heterocycles. The molecule has 4 nitrogen and oxygen atoms in total. The van der Waals surface area contributed by atoms with Crippen molar-refractivity contribution in [3.05, 3.63) is 52.8 Å². The first-order chi connectivity index (χ1) is 10.3. The van der Waals surface area contributed by atoms with Crippen LogP contribution in [-0.2, 0) is 19.5 Å². The Morgan fingerprint density at radius 3 is 3.14 bits per heavy atom. The molecular formula is C17H23N3O. The molecule has 1 aromatic carbocycles. The smallest absolute Gasteiger partial charge is 0.0644 e. The Hall–Kier alpha value is -1.65. The molecule has 0 aliphatic heterocycles. The van der Waals surface area contributed by atoms with Gasteiger partial charge in [-0.3, -0.25) is 4.68 Å². The molecule has 112 valence electrons. The second kappa shape index (κ2) is 6.41. The normalized spacial score (nSPS) is 17.7. The summed E-state index contributed by atoms with van der Waals surface area (Å²) in [4.78, 5) is 0. The number of nitrogens with zero attached hydrogens (tertiary/aromatic N) is 2. The van der Waals surface area contributed by atoms with E-state index in [0.29, 0.717) is 12.6 Å². The highest BCUT2D eigenvalue weighted by Crippen LogP contribution is 2.29. The highest BCUT2D eigenvalue weighted by Gasteiger charge is 2.23. The molecule has 1 aromatic heterocycles. The SMILES string of the molecule is Cc1cccc(CNC2CCCc3c2cnn3CCO)c1. The van der Waals surface area contributed by atoms with Crippen LogP contribution in [0.5, 0.6) is 0 Å². The van der Waals surface area contributed by atoms with Crippen LogP contribution in [0.3, 0.4) is 0 Å². The minimum absolute atomic E-state index is 0.148. The van der Waals surface area contributed by atoms with E-state index >= 15 is 0 Å². The van der Waals surface area contributed by atoms with E-state index in [1.807, 2.05) is 10.9 Å². The number of hydrogen-bond acceptors (Lipinski definition) is 3. The quantitative estimate of drug-likeness (QED) is 0.886. The summed E-state index contributed by atoms with van der Waals surface area (Å²) >= 11 is 0. The average molecular weight is 285 g/mol.